The van der Waals surface area contributed by atoms with Gasteiger partial charge in [0.15, 0.2) is 0 Å². The minimum absolute atomic E-state index is 0.192. The molecule has 0 radical (unpaired) electrons. The maximum atomic E-state index is 11.2. The van der Waals surface area contributed by atoms with E-state index in [1.807, 2.05) is 13.8 Å². The number of ketones is 1. The first-order valence-electron chi connectivity index (χ1n) is 4.43. The van der Waals surface area contributed by atoms with Gasteiger partial charge in [0.1, 0.15) is 5.78 Å². The van der Waals surface area contributed by atoms with Crippen molar-refractivity contribution in [3.05, 3.63) is 0 Å². The molecule has 0 amide bonds. The largest absolute Gasteiger partial charge is 0.298 e. The van der Waals surface area contributed by atoms with E-state index in [9.17, 15) is 4.79 Å². The van der Waals surface area contributed by atoms with Gasteiger partial charge in [0.2, 0.25) is 0 Å². The second-order valence-electron chi connectivity index (χ2n) is 4.67. The maximum Gasteiger partial charge on any atom is 0.145 e. The highest BCUT2D eigenvalue weighted by molar-refractivity contribution is 7.99. The minimum Gasteiger partial charge on any atom is -0.298 e. The molecule has 12 heavy (non-hydrogen) atoms. The highest BCUT2D eigenvalue weighted by Gasteiger charge is 2.12. The number of carbonyl (C=O) groups excluding carboxylic acids is 1. The summed E-state index contributed by atoms with van der Waals surface area (Å²) in [6.07, 6.45) is 0. The third kappa shape index (κ3) is 6.71. The molecule has 0 N–H and O–H groups in total. The number of hydrogen-bond acceptors (Lipinski definition) is 2. The number of Topliss-reactive ketones (excluding diaryl/α,β-unsaturated/α-hetero) is 1. The molecule has 0 aliphatic heterocycles. The van der Waals surface area contributed by atoms with Gasteiger partial charge in [-0.25, -0.2) is 0 Å². The Kier molecular flexibility index (Phi) is 4.91. The van der Waals surface area contributed by atoms with Crippen LogP contribution in [0.4, 0.5) is 0 Å². The van der Waals surface area contributed by atoms with Crippen molar-refractivity contribution in [3.63, 3.8) is 0 Å². The molecule has 0 aliphatic rings. The molecule has 2 heteroatoms. The van der Waals surface area contributed by atoms with E-state index in [2.05, 4.69) is 20.8 Å². The molecule has 0 rings (SSSR count). The van der Waals surface area contributed by atoms with Gasteiger partial charge in [-0.1, -0.05) is 34.6 Å². The summed E-state index contributed by atoms with van der Waals surface area (Å²) in [4.78, 5) is 11.2. The summed E-state index contributed by atoms with van der Waals surface area (Å²) >= 11 is 1.75. The van der Waals surface area contributed by atoms with Crippen LogP contribution in [0.25, 0.3) is 0 Å². The van der Waals surface area contributed by atoms with Crippen molar-refractivity contribution in [1.82, 2.24) is 0 Å². The van der Waals surface area contributed by atoms with Crippen LogP contribution >= 0.6 is 11.8 Å². The van der Waals surface area contributed by atoms with E-state index in [0.717, 1.165) is 5.75 Å². The van der Waals surface area contributed by atoms with Crippen LogP contribution < -0.4 is 0 Å². The molecule has 0 aromatic rings. The molecule has 0 heterocycles. The molecule has 0 unspecified atom stereocenters. The molecule has 0 atom stereocenters. The Morgan fingerprint density at radius 2 is 1.83 bits per heavy atom. The normalized spacial score (nSPS) is 12.2. The first-order valence-corrected chi connectivity index (χ1v) is 5.59. The van der Waals surface area contributed by atoms with E-state index in [1.54, 1.807) is 11.8 Å². The summed E-state index contributed by atoms with van der Waals surface area (Å²) in [5, 5.41) is 0. The zero-order chi connectivity index (χ0) is 9.78. The van der Waals surface area contributed by atoms with Gasteiger partial charge < -0.3 is 0 Å². The second kappa shape index (κ2) is 4.90. The van der Waals surface area contributed by atoms with Crippen LogP contribution in [-0.2, 0) is 4.79 Å². The molecule has 1 nitrogen and oxygen atoms in total. The van der Waals surface area contributed by atoms with Gasteiger partial charge in [0.25, 0.3) is 0 Å². The predicted octanol–water partition coefficient (Wildman–Crippen LogP) is 2.99. The number of carbonyl (C=O) groups is 1. The second-order valence-corrected chi connectivity index (χ2v) is 5.66. The predicted molar refractivity (Wildman–Crippen MR) is 56.6 cm³/mol. The third-order valence-electron chi connectivity index (χ3n) is 1.42. The molecule has 0 saturated carbocycles. The Morgan fingerprint density at radius 3 is 2.17 bits per heavy atom. The van der Waals surface area contributed by atoms with Crippen LogP contribution in [0.2, 0.25) is 0 Å². The van der Waals surface area contributed by atoms with E-state index < -0.39 is 0 Å². The fraction of sp³-hybridized carbons (Fsp3) is 0.900. The standard InChI is InChI=1S/C10H20OS/c1-8(2)9(11)6-12-7-10(3,4)5/h8H,6-7H2,1-5H3. The summed E-state index contributed by atoms with van der Waals surface area (Å²) < 4.78 is 0. The van der Waals surface area contributed by atoms with Crippen LogP contribution in [0.1, 0.15) is 34.6 Å². The van der Waals surface area contributed by atoms with Crippen molar-refractivity contribution in [2.24, 2.45) is 11.3 Å². The summed E-state index contributed by atoms with van der Waals surface area (Å²) in [5.41, 5.74) is 0.335. The first-order chi connectivity index (χ1) is 5.33. The van der Waals surface area contributed by atoms with Gasteiger partial charge in [0.05, 0.1) is 5.75 Å². The molecule has 0 saturated heterocycles. The fourth-order valence-corrected chi connectivity index (χ4v) is 1.87. The van der Waals surface area contributed by atoms with Crippen molar-refractivity contribution in [1.29, 1.82) is 0 Å². The maximum absolute atomic E-state index is 11.2. The number of thioether (sulfide) groups is 1. The minimum atomic E-state index is 0.192. The van der Waals surface area contributed by atoms with E-state index in [1.165, 1.54) is 0 Å². The van der Waals surface area contributed by atoms with Gasteiger partial charge in [-0.3, -0.25) is 4.79 Å². The van der Waals surface area contributed by atoms with Gasteiger partial charge in [-0.15, -0.1) is 0 Å². The quantitative estimate of drug-likeness (QED) is 0.674. The van der Waals surface area contributed by atoms with Crippen molar-refractivity contribution in [2.45, 2.75) is 34.6 Å². The Hall–Kier alpha value is 0.0200. The van der Waals surface area contributed by atoms with Gasteiger partial charge in [-0.2, -0.15) is 11.8 Å². The topological polar surface area (TPSA) is 17.1 Å². The summed E-state index contributed by atoms with van der Waals surface area (Å²) in [7, 11) is 0. The van der Waals surface area contributed by atoms with Crippen LogP contribution in [0.3, 0.4) is 0 Å². The van der Waals surface area contributed by atoms with Crippen LogP contribution in [0.15, 0.2) is 0 Å². The molecule has 0 aliphatic carbocycles. The van der Waals surface area contributed by atoms with Crippen molar-refractivity contribution in [2.75, 3.05) is 11.5 Å². The van der Waals surface area contributed by atoms with Crippen molar-refractivity contribution >= 4 is 17.5 Å². The molecule has 0 spiro atoms. The van der Waals surface area contributed by atoms with Crippen molar-refractivity contribution in [3.8, 4) is 0 Å². The van der Waals surface area contributed by atoms with Gasteiger partial charge in [0, 0.05) is 5.92 Å². The SMILES string of the molecule is CC(C)C(=O)CSCC(C)(C)C. The Bertz CT molecular complexity index is 144. The van der Waals surface area contributed by atoms with Gasteiger partial charge >= 0.3 is 0 Å². The fourth-order valence-electron chi connectivity index (χ4n) is 0.624. The molecule has 0 aromatic carbocycles. The highest BCUT2D eigenvalue weighted by atomic mass is 32.2. The molecule has 0 fully saturated rings. The van der Waals surface area contributed by atoms with E-state index in [0.29, 0.717) is 17.0 Å². The Balaban J connectivity index is 3.51. The lowest BCUT2D eigenvalue weighted by molar-refractivity contribution is -0.119. The van der Waals surface area contributed by atoms with Crippen LogP contribution in [0.5, 0.6) is 0 Å². The van der Waals surface area contributed by atoms with E-state index in [4.69, 9.17) is 0 Å². The van der Waals surface area contributed by atoms with E-state index >= 15 is 0 Å². The smallest absolute Gasteiger partial charge is 0.145 e. The molecular weight excluding hydrogens is 168 g/mol. The van der Waals surface area contributed by atoms with Crippen LogP contribution in [0, 0.1) is 11.3 Å². The average Bonchev–Trinajstić information content (AvgIpc) is 1.84. The monoisotopic (exact) mass is 188 g/mol. The average molecular weight is 188 g/mol. The molecule has 0 aromatic heterocycles. The van der Waals surface area contributed by atoms with E-state index in [-0.39, 0.29) is 5.92 Å². The first kappa shape index (κ1) is 12.0. The third-order valence-corrected chi connectivity index (χ3v) is 2.98. The summed E-state index contributed by atoms with van der Waals surface area (Å²) in [6.45, 7) is 10.5. The lowest BCUT2D eigenvalue weighted by Gasteiger charge is -2.17. The number of rotatable bonds is 4. The molecule has 72 valence electrons. The summed E-state index contributed by atoms with van der Waals surface area (Å²) in [6, 6.07) is 0. The molecular formula is C10H20OS. The molecule has 0 bridgehead atoms. The lowest BCUT2D eigenvalue weighted by atomic mass is 10.0. The highest BCUT2D eigenvalue weighted by Crippen LogP contribution is 2.20. The Morgan fingerprint density at radius 1 is 1.33 bits per heavy atom. The number of hydrogen-bond donors (Lipinski definition) is 0. The van der Waals surface area contributed by atoms with Crippen LogP contribution in [-0.4, -0.2) is 17.3 Å². The zero-order valence-corrected chi connectivity index (χ0v) is 9.62. The lowest BCUT2D eigenvalue weighted by Crippen LogP contribution is -2.14. The Labute approximate surface area is 80.3 Å². The zero-order valence-electron chi connectivity index (χ0n) is 8.81. The van der Waals surface area contributed by atoms with Crippen molar-refractivity contribution < 1.29 is 4.79 Å². The van der Waals surface area contributed by atoms with Gasteiger partial charge in [-0.05, 0) is 11.2 Å². The summed E-state index contributed by atoms with van der Waals surface area (Å²) in [5.74, 6) is 2.29.